The number of carboxylic acid groups (broad SMARTS) is 1. The third kappa shape index (κ3) is 2.07. The van der Waals surface area contributed by atoms with E-state index in [9.17, 15) is 4.79 Å². The number of nitrogens with zero attached hydrogens (tertiary/aromatic N) is 4. The van der Waals surface area contributed by atoms with Crippen LogP contribution in [0.2, 0.25) is 0 Å². The standard InChI is InChI=1S/C12H12N6O2/c1-18-3-2-8-10(18)11(15-6-14-8)13-5-7-4-9(12(19)20)17-16-7/h2-4,6H,5H2,1H3,(H,16,17)(H,19,20)(H,13,14,15). The van der Waals surface area contributed by atoms with E-state index in [0.717, 1.165) is 11.0 Å². The van der Waals surface area contributed by atoms with Crippen LogP contribution < -0.4 is 5.32 Å². The molecule has 3 aromatic rings. The molecule has 0 atom stereocenters. The van der Waals surface area contributed by atoms with E-state index < -0.39 is 5.97 Å². The van der Waals surface area contributed by atoms with E-state index in [2.05, 4.69) is 25.5 Å². The second-order valence-corrected chi connectivity index (χ2v) is 4.32. The Morgan fingerprint density at radius 2 is 2.35 bits per heavy atom. The van der Waals surface area contributed by atoms with Crippen molar-refractivity contribution in [2.24, 2.45) is 7.05 Å². The molecule has 0 bridgehead atoms. The number of anilines is 1. The van der Waals surface area contributed by atoms with Crippen LogP contribution in [0.15, 0.2) is 24.7 Å². The number of aromatic amines is 1. The Morgan fingerprint density at radius 1 is 1.50 bits per heavy atom. The molecule has 0 unspecified atom stereocenters. The SMILES string of the molecule is Cn1ccc2ncnc(NCc3cc(C(=O)O)n[nH]3)c21. The highest BCUT2D eigenvalue weighted by Crippen LogP contribution is 2.19. The molecule has 0 saturated heterocycles. The summed E-state index contributed by atoms with van der Waals surface area (Å²) in [6, 6.07) is 3.39. The lowest BCUT2D eigenvalue weighted by atomic mass is 10.3. The van der Waals surface area contributed by atoms with Gasteiger partial charge in [-0.3, -0.25) is 5.10 Å². The second kappa shape index (κ2) is 4.65. The van der Waals surface area contributed by atoms with Gasteiger partial charge in [-0.25, -0.2) is 14.8 Å². The number of aryl methyl sites for hydroxylation is 1. The summed E-state index contributed by atoms with van der Waals surface area (Å²) >= 11 is 0. The largest absolute Gasteiger partial charge is 0.476 e. The summed E-state index contributed by atoms with van der Waals surface area (Å²) in [7, 11) is 1.91. The van der Waals surface area contributed by atoms with Crippen LogP contribution in [-0.2, 0) is 13.6 Å². The summed E-state index contributed by atoms with van der Waals surface area (Å²) in [5.74, 6) is -0.367. The fraction of sp³-hybridized carbons (Fsp3) is 0.167. The van der Waals surface area contributed by atoms with Gasteiger partial charge in [0, 0.05) is 13.2 Å². The molecule has 0 saturated carbocycles. The first-order chi connectivity index (χ1) is 9.65. The van der Waals surface area contributed by atoms with E-state index in [0.29, 0.717) is 18.1 Å². The zero-order valence-corrected chi connectivity index (χ0v) is 10.7. The number of aromatic carboxylic acids is 1. The van der Waals surface area contributed by atoms with Crippen molar-refractivity contribution >= 4 is 22.8 Å². The number of aromatic nitrogens is 5. The number of rotatable bonds is 4. The number of nitrogens with one attached hydrogen (secondary N) is 2. The summed E-state index contributed by atoms with van der Waals surface area (Å²) in [5, 5.41) is 18.3. The smallest absolute Gasteiger partial charge is 0.356 e. The summed E-state index contributed by atoms with van der Waals surface area (Å²) in [6.45, 7) is 0.400. The Bertz CT molecular complexity index is 775. The third-order valence-corrected chi connectivity index (χ3v) is 2.96. The Labute approximate surface area is 113 Å². The Morgan fingerprint density at radius 3 is 3.10 bits per heavy atom. The van der Waals surface area contributed by atoms with Crippen LogP contribution in [0.3, 0.4) is 0 Å². The summed E-state index contributed by atoms with van der Waals surface area (Å²) in [6.07, 6.45) is 3.39. The molecule has 0 aromatic carbocycles. The molecule has 0 radical (unpaired) electrons. The third-order valence-electron chi connectivity index (χ3n) is 2.96. The molecule has 3 heterocycles. The van der Waals surface area contributed by atoms with E-state index >= 15 is 0 Å². The van der Waals surface area contributed by atoms with Gasteiger partial charge in [-0.15, -0.1) is 0 Å². The minimum atomic E-state index is -1.06. The lowest BCUT2D eigenvalue weighted by Crippen LogP contribution is -2.04. The topological polar surface area (TPSA) is 109 Å². The number of carboxylic acids is 1. The number of hydrogen-bond acceptors (Lipinski definition) is 5. The van der Waals surface area contributed by atoms with Crippen molar-refractivity contribution in [3.8, 4) is 0 Å². The first-order valence-electron chi connectivity index (χ1n) is 5.92. The van der Waals surface area contributed by atoms with Gasteiger partial charge in [0.1, 0.15) is 11.8 Å². The van der Waals surface area contributed by atoms with Crippen molar-refractivity contribution in [2.45, 2.75) is 6.54 Å². The maximum Gasteiger partial charge on any atom is 0.356 e. The summed E-state index contributed by atoms with van der Waals surface area (Å²) in [4.78, 5) is 19.1. The van der Waals surface area contributed by atoms with Crippen LogP contribution in [0, 0.1) is 0 Å². The van der Waals surface area contributed by atoms with Gasteiger partial charge in [0.25, 0.3) is 0 Å². The molecule has 0 aliphatic carbocycles. The van der Waals surface area contributed by atoms with Crippen LogP contribution in [0.5, 0.6) is 0 Å². The van der Waals surface area contributed by atoms with Gasteiger partial charge in [0.15, 0.2) is 11.5 Å². The zero-order valence-electron chi connectivity index (χ0n) is 10.7. The molecule has 0 amide bonds. The summed E-state index contributed by atoms with van der Waals surface area (Å²) < 4.78 is 1.92. The molecule has 8 heteroatoms. The lowest BCUT2D eigenvalue weighted by Gasteiger charge is -2.06. The molecule has 0 fully saturated rings. The molecule has 0 spiro atoms. The van der Waals surface area contributed by atoms with Gasteiger partial charge in [0.2, 0.25) is 0 Å². The van der Waals surface area contributed by atoms with Gasteiger partial charge in [-0.1, -0.05) is 0 Å². The Kier molecular flexibility index (Phi) is 2.82. The average Bonchev–Trinajstić information content (AvgIpc) is 3.04. The van der Waals surface area contributed by atoms with Crippen LogP contribution in [0.4, 0.5) is 5.82 Å². The maximum absolute atomic E-state index is 10.7. The first kappa shape index (κ1) is 12.2. The highest BCUT2D eigenvalue weighted by atomic mass is 16.4. The molecule has 3 rings (SSSR count). The van der Waals surface area contributed by atoms with Crippen LogP contribution in [0.25, 0.3) is 11.0 Å². The predicted molar refractivity (Wildman–Crippen MR) is 71.4 cm³/mol. The van der Waals surface area contributed by atoms with Crippen molar-refractivity contribution < 1.29 is 9.90 Å². The van der Waals surface area contributed by atoms with E-state index in [4.69, 9.17) is 5.11 Å². The fourth-order valence-corrected chi connectivity index (χ4v) is 1.99. The second-order valence-electron chi connectivity index (χ2n) is 4.32. The molecular formula is C12H12N6O2. The van der Waals surface area contributed by atoms with Crippen LogP contribution in [-0.4, -0.2) is 35.8 Å². The molecular weight excluding hydrogens is 260 g/mol. The number of hydrogen-bond donors (Lipinski definition) is 3. The first-order valence-corrected chi connectivity index (χ1v) is 5.92. The van der Waals surface area contributed by atoms with Gasteiger partial charge < -0.3 is 15.0 Å². The highest BCUT2D eigenvalue weighted by molar-refractivity contribution is 5.86. The molecule has 3 N–H and O–H groups in total. The van der Waals surface area contributed by atoms with Crippen molar-refractivity contribution in [2.75, 3.05) is 5.32 Å². The van der Waals surface area contributed by atoms with E-state index in [1.807, 2.05) is 23.9 Å². The minimum absolute atomic E-state index is 0.00602. The number of fused-ring (bicyclic) bond motifs is 1. The van der Waals surface area contributed by atoms with Crippen LogP contribution in [0.1, 0.15) is 16.2 Å². The molecule has 102 valence electrons. The molecule has 0 aliphatic rings. The van der Waals surface area contributed by atoms with Crippen molar-refractivity contribution in [3.63, 3.8) is 0 Å². The fourth-order valence-electron chi connectivity index (χ4n) is 1.99. The highest BCUT2D eigenvalue weighted by Gasteiger charge is 2.10. The van der Waals surface area contributed by atoms with Crippen molar-refractivity contribution in [1.82, 2.24) is 24.7 Å². The molecule has 0 aliphatic heterocycles. The quantitative estimate of drug-likeness (QED) is 0.653. The van der Waals surface area contributed by atoms with Crippen molar-refractivity contribution in [3.05, 3.63) is 36.0 Å². The monoisotopic (exact) mass is 272 g/mol. The van der Waals surface area contributed by atoms with E-state index in [1.165, 1.54) is 12.4 Å². The van der Waals surface area contributed by atoms with Crippen molar-refractivity contribution in [1.29, 1.82) is 0 Å². The zero-order chi connectivity index (χ0) is 14.1. The molecule has 20 heavy (non-hydrogen) atoms. The predicted octanol–water partition coefficient (Wildman–Crippen LogP) is 1.00. The van der Waals surface area contributed by atoms with E-state index in [1.54, 1.807) is 0 Å². The number of H-pyrrole nitrogens is 1. The lowest BCUT2D eigenvalue weighted by molar-refractivity contribution is 0.0690. The Hall–Kier alpha value is -2.90. The maximum atomic E-state index is 10.7. The normalized spacial score (nSPS) is 10.8. The summed E-state index contributed by atoms with van der Waals surface area (Å²) in [5.41, 5.74) is 2.41. The van der Waals surface area contributed by atoms with Gasteiger partial charge in [0.05, 0.1) is 17.8 Å². The average molecular weight is 272 g/mol. The van der Waals surface area contributed by atoms with Gasteiger partial charge in [-0.05, 0) is 12.1 Å². The molecule has 8 nitrogen and oxygen atoms in total. The van der Waals surface area contributed by atoms with Gasteiger partial charge in [-0.2, -0.15) is 5.10 Å². The molecule has 3 aromatic heterocycles. The minimum Gasteiger partial charge on any atom is -0.476 e. The Balaban J connectivity index is 1.82. The number of carbonyl (C=O) groups is 1. The van der Waals surface area contributed by atoms with Gasteiger partial charge >= 0.3 is 5.97 Å². The van der Waals surface area contributed by atoms with Crippen LogP contribution >= 0.6 is 0 Å². The van der Waals surface area contributed by atoms with E-state index in [-0.39, 0.29) is 5.69 Å².